The third-order valence-corrected chi connectivity index (χ3v) is 1.99. The first-order chi connectivity index (χ1) is 5.01. The van der Waals surface area contributed by atoms with Crippen LogP contribution in [0.5, 0.6) is 0 Å². The van der Waals surface area contributed by atoms with Crippen molar-refractivity contribution in [3.8, 4) is 0 Å². The van der Waals surface area contributed by atoms with Crippen molar-refractivity contribution in [1.29, 1.82) is 0 Å². The minimum absolute atomic E-state index is 0. The molecule has 0 saturated heterocycles. The number of carboxylic acid groups (broad SMARTS) is 2. The number of carbonyl (C=O) groups is 2. The summed E-state index contributed by atoms with van der Waals surface area (Å²) in [5.41, 5.74) is -1.81. The number of aliphatic carboxylic acids is 2. The fourth-order valence-electron chi connectivity index (χ4n) is 0.911. The first kappa shape index (κ1) is 18.8. The molecule has 0 radical (unpaired) electrons. The SMILES string of the molecule is CCC(CC)(C(=O)[O-])C(=O)[O-].[Li+].[Li+]. The summed E-state index contributed by atoms with van der Waals surface area (Å²) in [6, 6.07) is 0. The molecule has 0 aliphatic heterocycles. The van der Waals surface area contributed by atoms with Gasteiger partial charge in [-0.15, -0.1) is 0 Å². The van der Waals surface area contributed by atoms with E-state index in [0.717, 1.165) is 0 Å². The van der Waals surface area contributed by atoms with Crippen LogP contribution in [0.1, 0.15) is 26.7 Å². The van der Waals surface area contributed by atoms with Gasteiger partial charge in [-0.1, -0.05) is 13.8 Å². The minimum atomic E-state index is -1.81. The first-order valence-electron chi connectivity index (χ1n) is 3.44. The van der Waals surface area contributed by atoms with Gasteiger partial charge in [-0.25, -0.2) is 0 Å². The second-order valence-corrected chi connectivity index (χ2v) is 2.36. The summed E-state index contributed by atoms with van der Waals surface area (Å²) < 4.78 is 0. The molecule has 0 aliphatic rings. The van der Waals surface area contributed by atoms with Gasteiger partial charge in [0.05, 0.1) is 11.9 Å². The second kappa shape index (κ2) is 7.53. The third-order valence-electron chi connectivity index (χ3n) is 1.99. The van der Waals surface area contributed by atoms with Crippen molar-refractivity contribution in [2.24, 2.45) is 5.41 Å². The molecule has 0 rings (SSSR count). The van der Waals surface area contributed by atoms with Crippen molar-refractivity contribution in [1.82, 2.24) is 0 Å². The molecular weight excluding hydrogens is 162 g/mol. The van der Waals surface area contributed by atoms with Crippen LogP contribution in [-0.4, -0.2) is 11.9 Å². The fourth-order valence-corrected chi connectivity index (χ4v) is 0.911. The van der Waals surface area contributed by atoms with Crippen LogP contribution in [0.4, 0.5) is 0 Å². The van der Waals surface area contributed by atoms with Crippen molar-refractivity contribution in [2.45, 2.75) is 26.7 Å². The van der Waals surface area contributed by atoms with Crippen molar-refractivity contribution >= 4 is 11.9 Å². The summed E-state index contributed by atoms with van der Waals surface area (Å²) in [6.45, 7) is 2.96. The molecule has 0 atom stereocenters. The van der Waals surface area contributed by atoms with Crippen LogP contribution in [-0.2, 0) is 9.59 Å². The maximum Gasteiger partial charge on any atom is 1.00 e. The van der Waals surface area contributed by atoms with Gasteiger partial charge >= 0.3 is 37.7 Å². The van der Waals surface area contributed by atoms with Gasteiger partial charge in [0.15, 0.2) is 0 Å². The van der Waals surface area contributed by atoms with Crippen LogP contribution in [0, 0.1) is 5.41 Å². The minimum Gasteiger partial charge on any atom is -0.549 e. The van der Waals surface area contributed by atoms with Crippen molar-refractivity contribution in [3.63, 3.8) is 0 Å². The van der Waals surface area contributed by atoms with E-state index < -0.39 is 17.4 Å². The van der Waals surface area contributed by atoms with Crippen LogP contribution in [0.2, 0.25) is 0 Å². The van der Waals surface area contributed by atoms with Gasteiger partial charge in [0.2, 0.25) is 0 Å². The normalized spacial score (nSPS) is 9.38. The Balaban J connectivity index is -0.000000500. The molecule has 0 aromatic heterocycles. The van der Waals surface area contributed by atoms with E-state index in [9.17, 15) is 19.8 Å². The molecule has 4 nitrogen and oxygen atoms in total. The van der Waals surface area contributed by atoms with Crippen LogP contribution >= 0.6 is 0 Å². The number of hydrogen-bond acceptors (Lipinski definition) is 4. The maximum atomic E-state index is 10.4. The van der Waals surface area contributed by atoms with Crippen molar-refractivity contribution < 1.29 is 57.5 Å². The van der Waals surface area contributed by atoms with Gasteiger partial charge in [0, 0.05) is 5.41 Å². The summed E-state index contributed by atoms with van der Waals surface area (Å²) in [5, 5.41) is 20.8. The Labute approximate surface area is 101 Å². The Kier molecular flexibility index (Phi) is 10.9. The molecule has 0 aromatic carbocycles. The van der Waals surface area contributed by atoms with Crippen LogP contribution in [0.25, 0.3) is 0 Å². The van der Waals surface area contributed by atoms with E-state index in [1.807, 2.05) is 0 Å². The van der Waals surface area contributed by atoms with E-state index in [-0.39, 0.29) is 50.6 Å². The van der Waals surface area contributed by atoms with E-state index in [2.05, 4.69) is 0 Å². The molecule has 0 aromatic rings. The van der Waals surface area contributed by atoms with Crippen molar-refractivity contribution in [2.75, 3.05) is 0 Å². The summed E-state index contributed by atoms with van der Waals surface area (Å²) in [5.74, 6) is -3.13. The zero-order valence-electron chi connectivity index (χ0n) is 8.55. The zero-order chi connectivity index (χ0) is 9.07. The monoisotopic (exact) mass is 172 g/mol. The molecular formula is C7H10Li2O4. The molecule has 0 heterocycles. The molecule has 0 amide bonds. The average Bonchev–Trinajstić information content (AvgIpc) is 1.90. The molecule has 0 aliphatic carbocycles. The molecule has 64 valence electrons. The van der Waals surface area contributed by atoms with Gasteiger partial charge in [0.1, 0.15) is 0 Å². The maximum absolute atomic E-state index is 10.4. The van der Waals surface area contributed by atoms with E-state index in [4.69, 9.17) is 0 Å². The molecule has 0 N–H and O–H groups in total. The Bertz CT molecular complexity index is 161. The van der Waals surface area contributed by atoms with Gasteiger partial charge in [-0.2, -0.15) is 0 Å². The molecule has 13 heavy (non-hydrogen) atoms. The van der Waals surface area contributed by atoms with E-state index in [1.54, 1.807) is 0 Å². The van der Waals surface area contributed by atoms with Crippen LogP contribution in [0.15, 0.2) is 0 Å². The predicted molar refractivity (Wildman–Crippen MR) is 33.0 cm³/mol. The largest absolute Gasteiger partial charge is 1.00 e. The van der Waals surface area contributed by atoms with Gasteiger partial charge in [0.25, 0.3) is 0 Å². The quantitative estimate of drug-likeness (QED) is 0.311. The summed E-state index contributed by atoms with van der Waals surface area (Å²) in [4.78, 5) is 20.8. The summed E-state index contributed by atoms with van der Waals surface area (Å²) >= 11 is 0. The number of hydrogen-bond donors (Lipinski definition) is 0. The number of carbonyl (C=O) groups excluding carboxylic acids is 2. The Hall–Kier alpha value is 0.135. The van der Waals surface area contributed by atoms with Gasteiger partial charge in [-0.05, 0) is 12.8 Å². The van der Waals surface area contributed by atoms with Crippen molar-refractivity contribution in [3.05, 3.63) is 0 Å². The predicted octanol–water partition coefficient (Wildman–Crippen LogP) is -7.70. The fraction of sp³-hybridized carbons (Fsp3) is 0.714. The summed E-state index contributed by atoms with van der Waals surface area (Å²) in [6.07, 6.45) is -0.0116. The molecule has 0 saturated carbocycles. The molecule has 6 heteroatoms. The van der Waals surface area contributed by atoms with Gasteiger partial charge < -0.3 is 19.8 Å². The van der Waals surface area contributed by atoms with Crippen LogP contribution < -0.4 is 47.9 Å². The van der Waals surface area contributed by atoms with E-state index >= 15 is 0 Å². The molecule has 0 unspecified atom stereocenters. The zero-order valence-corrected chi connectivity index (χ0v) is 8.55. The molecule has 0 spiro atoms. The Morgan fingerprint density at radius 3 is 1.23 bits per heavy atom. The van der Waals surface area contributed by atoms with E-state index in [1.165, 1.54) is 13.8 Å². The van der Waals surface area contributed by atoms with Crippen LogP contribution in [0.3, 0.4) is 0 Å². The Morgan fingerprint density at radius 1 is 1.00 bits per heavy atom. The Morgan fingerprint density at radius 2 is 1.23 bits per heavy atom. The van der Waals surface area contributed by atoms with Gasteiger partial charge in [-0.3, -0.25) is 0 Å². The standard InChI is InChI=1S/C7H12O4.2Li/c1-3-7(4-2,5(8)9)6(10)11;;/h3-4H2,1-2H3,(H,8,9)(H,10,11);;/q;2*+1/p-2. The third kappa shape index (κ3) is 3.79. The topological polar surface area (TPSA) is 80.3 Å². The molecule has 0 fully saturated rings. The second-order valence-electron chi connectivity index (χ2n) is 2.36. The van der Waals surface area contributed by atoms with E-state index in [0.29, 0.717) is 0 Å². The smallest absolute Gasteiger partial charge is 0.549 e. The summed E-state index contributed by atoms with van der Waals surface area (Å²) in [7, 11) is 0. The molecule has 0 bridgehead atoms. The first-order valence-corrected chi connectivity index (χ1v) is 3.44. The average molecular weight is 172 g/mol. The number of carboxylic acids is 2. The number of rotatable bonds is 4.